The van der Waals surface area contributed by atoms with E-state index in [4.69, 9.17) is 0 Å². The van der Waals surface area contributed by atoms with E-state index in [2.05, 4.69) is 10.3 Å². The molecule has 0 bridgehead atoms. The van der Waals surface area contributed by atoms with Crippen LogP contribution in [-0.2, 0) is 6.18 Å². The van der Waals surface area contributed by atoms with Crippen LogP contribution in [0.4, 0.5) is 13.2 Å². The number of nitrogens with one attached hydrogen (secondary N) is 2. The highest BCUT2D eigenvalue weighted by Crippen LogP contribution is 2.30. The monoisotopic (exact) mass is 339 g/mol. The largest absolute Gasteiger partial charge is 0.416 e. The number of fused-ring (bicyclic) bond motifs is 1. The molecular weight excluding hydrogens is 323 g/mol. The number of hydrogen-bond donors (Lipinski definition) is 2. The van der Waals surface area contributed by atoms with Gasteiger partial charge in [0.1, 0.15) is 5.56 Å². The van der Waals surface area contributed by atoms with Crippen LogP contribution in [0.5, 0.6) is 0 Å². The predicted molar refractivity (Wildman–Crippen MR) is 82.9 cm³/mol. The second-order valence-corrected chi connectivity index (χ2v) is 5.92. The third-order valence-corrected chi connectivity index (χ3v) is 4.06. The maximum atomic E-state index is 12.7. The Morgan fingerprint density at radius 1 is 1.29 bits per heavy atom. The minimum Gasteiger partial charge on any atom is -0.336 e. The Morgan fingerprint density at radius 3 is 2.71 bits per heavy atom. The topological polar surface area (TPSA) is 65.2 Å². The Kier molecular flexibility index (Phi) is 4.08. The maximum absolute atomic E-state index is 12.7. The quantitative estimate of drug-likeness (QED) is 0.835. The molecule has 0 saturated carbocycles. The summed E-state index contributed by atoms with van der Waals surface area (Å²) in [7, 11) is 0. The van der Waals surface area contributed by atoms with E-state index in [9.17, 15) is 22.8 Å². The van der Waals surface area contributed by atoms with Crippen LogP contribution in [-0.4, -0.2) is 41.5 Å². The number of amides is 1. The number of aromatic nitrogens is 1. The summed E-state index contributed by atoms with van der Waals surface area (Å²) in [6.45, 7) is 3.52. The molecule has 1 aromatic heterocycles. The summed E-state index contributed by atoms with van der Waals surface area (Å²) in [5, 5.41) is 3.58. The van der Waals surface area contributed by atoms with E-state index in [1.807, 2.05) is 6.92 Å². The fourth-order valence-electron chi connectivity index (χ4n) is 2.82. The maximum Gasteiger partial charge on any atom is 0.416 e. The number of carbonyl (C=O) groups is 1. The van der Waals surface area contributed by atoms with Crippen LogP contribution in [0.1, 0.15) is 22.8 Å². The molecule has 1 saturated heterocycles. The van der Waals surface area contributed by atoms with Gasteiger partial charge in [0.2, 0.25) is 0 Å². The third kappa shape index (κ3) is 3.14. The summed E-state index contributed by atoms with van der Waals surface area (Å²) >= 11 is 0. The highest BCUT2D eigenvalue weighted by molar-refractivity contribution is 5.97. The Balaban J connectivity index is 1.99. The zero-order valence-corrected chi connectivity index (χ0v) is 12.9. The molecule has 5 nitrogen and oxygen atoms in total. The number of pyridine rings is 1. The average molecular weight is 339 g/mol. The minimum absolute atomic E-state index is 0.0556. The highest BCUT2D eigenvalue weighted by Gasteiger charge is 2.31. The highest BCUT2D eigenvalue weighted by atomic mass is 19.4. The normalized spacial score (nSPS) is 18.8. The number of H-pyrrole nitrogens is 1. The Labute approximate surface area is 135 Å². The number of halogens is 3. The van der Waals surface area contributed by atoms with Gasteiger partial charge in [-0.3, -0.25) is 9.59 Å². The lowest BCUT2D eigenvalue weighted by Crippen LogP contribution is -2.52. The van der Waals surface area contributed by atoms with Gasteiger partial charge in [-0.1, -0.05) is 6.07 Å². The van der Waals surface area contributed by atoms with Gasteiger partial charge in [0.15, 0.2) is 0 Å². The summed E-state index contributed by atoms with van der Waals surface area (Å²) in [6.07, 6.45) is -4.49. The summed E-state index contributed by atoms with van der Waals surface area (Å²) < 4.78 is 38.2. The van der Waals surface area contributed by atoms with Gasteiger partial charge in [-0.25, -0.2) is 0 Å². The second-order valence-electron chi connectivity index (χ2n) is 5.92. The van der Waals surface area contributed by atoms with E-state index in [1.165, 1.54) is 12.1 Å². The van der Waals surface area contributed by atoms with Gasteiger partial charge < -0.3 is 15.2 Å². The van der Waals surface area contributed by atoms with Crippen molar-refractivity contribution < 1.29 is 18.0 Å². The van der Waals surface area contributed by atoms with Crippen LogP contribution >= 0.6 is 0 Å². The van der Waals surface area contributed by atoms with Crippen molar-refractivity contribution in [3.05, 3.63) is 45.7 Å². The molecule has 1 unspecified atom stereocenters. The van der Waals surface area contributed by atoms with E-state index in [0.29, 0.717) is 25.0 Å². The second kappa shape index (κ2) is 5.94. The first-order chi connectivity index (χ1) is 11.3. The van der Waals surface area contributed by atoms with Crippen molar-refractivity contribution in [1.29, 1.82) is 0 Å². The first-order valence-corrected chi connectivity index (χ1v) is 7.52. The lowest BCUT2D eigenvalue weighted by Gasteiger charge is -2.31. The first kappa shape index (κ1) is 16.5. The van der Waals surface area contributed by atoms with E-state index in [1.54, 1.807) is 4.90 Å². The molecule has 128 valence electrons. The van der Waals surface area contributed by atoms with Crippen LogP contribution in [0.2, 0.25) is 0 Å². The summed E-state index contributed by atoms with van der Waals surface area (Å²) in [4.78, 5) is 28.6. The van der Waals surface area contributed by atoms with Gasteiger partial charge in [0, 0.05) is 31.2 Å². The van der Waals surface area contributed by atoms with Gasteiger partial charge >= 0.3 is 6.18 Å². The van der Waals surface area contributed by atoms with Gasteiger partial charge in [-0.05, 0) is 30.5 Å². The third-order valence-electron chi connectivity index (χ3n) is 4.06. The molecule has 2 heterocycles. The number of piperazine rings is 1. The molecule has 8 heteroatoms. The van der Waals surface area contributed by atoms with Crippen LogP contribution < -0.4 is 10.9 Å². The van der Waals surface area contributed by atoms with E-state index < -0.39 is 23.2 Å². The molecule has 1 fully saturated rings. The molecule has 0 radical (unpaired) electrons. The predicted octanol–water partition coefficient (Wildman–Crippen LogP) is 1.98. The van der Waals surface area contributed by atoms with Crippen molar-refractivity contribution in [2.45, 2.75) is 19.1 Å². The fourth-order valence-corrected chi connectivity index (χ4v) is 2.82. The molecule has 1 atom stereocenters. The van der Waals surface area contributed by atoms with Crippen LogP contribution in [0.15, 0.2) is 29.1 Å². The SMILES string of the molecule is CC1CN(C(=O)c2cc3ccc(C(F)(F)F)cc3[nH]c2=O)CCN1. The van der Waals surface area contributed by atoms with Gasteiger partial charge in [-0.15, -0.1) is 0 Å². The lowest BCUT2D eigenvalue weighted by atomic mass is 10.1. The van der Waals surface area contributed by atoms with Crippen molar-refractivity contribution in [2.24, 2.45) is 0 Å². The fraction of sp³-hybridized carbons (Fsp3) is 0.375. The number of alkyl halides is 3. The number of nitrogens with zero attached hydrogens (tertiary/aromatic N) is 1. The molecule has 1 amide bonds. The smallest absolute Gasteiger partial charge is 0.336 e. The van der Waals surface area contributed by atoms with Gasteiger partial charge in [0.25, 0.3) is 11.5 Å². The number of aromatic amines is 1. The number of benzene rings is 1. The Hall–Kier alpha value is -2.35. The molecule has 1 aliphatic heterocycles. The van der Waals surface area contributed by atoms with Gasteiger partial charge in [-0.2, -0.15) is 13.2 Å². The molecule has 1 aromatic carbocycles. The molecule has 1 aliphatic rings. The molecule has 2 N–H and O–H groups in total. The zero-order valence-electron chi connectivity index (χ0n) is 12.9. The van der Waals surface area contributed by atoms with Crippen molar-refractivity contribution in [2.75, 3.05) is 19.6 Å². The van der Waals surface area contributed by atoms with Crippen molar-refractivity contribution in [1.82, 2.24) is 15.2 Å². The molecular formula is C16H16F3N3O2. The minimum atomic E-state index is -4.49. The van der Waals surface area contributed by atoms with Crippen LogP contribution in [0.3, 0.4) is 0 Å². The standard InChI is InChI=1S/C16H16F3N3O2/c1-9-8-22(5-4-20-9)15(24)12-6-10-2-3-11(16(17,18)19)7-13(10)21-14(12)23/h2-3,6-7,9,20H,4-5,8H2,1H3,(H,21,23). The number of hydrogen-bond acceptors (Lipinski definition) is 3. The average Bonchev–Trinajstić information content (AvgIpc) is 2.52. The van der Waals surface area contributed by atoms with E-state index >= 15 is 0 Å². The summed E-state index contributed by atoms with van der Waals surface area (Å²) in [5.41, 5.74) is -1.53. The van der Waals surface area contributed by atoms with E-state index in [0.717, 1.165) is 12.1 Å². The molecule has 2 aromatic rings. The Morgan fingerprint density at radius 2 is 2.04 bits per heavy atom. The molecule has 0 spiro atoms. The molecule has 24 heavy (non-hydrogen) atoms. The molecule has 3 rings (SSSR count). The van der Waals surface area contributed by atoms with Crippen LogP contribution in [0.25, 0.3) is 10.9 Å². The molecule has 0 aliphatic carbocycles. The first-order valence-electron chi connectivity index (χ1n) is 7.52. The Bertz CT molecular complexity index is 845. The van der Waals surface area contributed by atoms with Crippen molar-refractivity contribution in [3.63, 3.8) is 0 Å². The van der Waals surface area contributed by atoms with E-state index in [-0.39, 0.29) is 17.1 Å². The van der Waals surface area contributed by atoms with Crippen molar-refractivity contribution in [3.8, 4) is 0 Å². The number of rotatable bonds is 1. The van der Waals surface area contributed by atoms with Gasteiger partial charge in [0.05, 0.1) is 5.56 Å². The van der Waals surface area contributed by atoms with Crippen molar-refractivity contribution >= 4 is 16.8 Å². The summed E-state index contributed by atoms with van der Waals surface area (Å²) in [6, 6.07) is 4.53. The lowest BCUT2D eigenvalue weighted by molar-refractivity contribution is -0.137. The number of carbonyl (C=O) groups excluding carboxylic acids is 1. The summed E-state index contributed by atoms with van der Waals surface area (Å²) in [5.74, 6) is -0.411. The zero-order chi connectivity index (χ0) is 17.5. The van der Waals surface area contributed by atoms with Crippen LogP contribution in [0, 0.1) is 0 Å².